The summed E-state index contributed by atoms with van der Waals surface area (Å²) in [4.78, 5) is 2.42. The third-order valence-electron chi connectivity index (χ3n) is 3.93. The van der Waals surface area contributed by atoms with E-state index in [1.54, 1.807) is 0 Å². The highest BCUT2D eigenvalue weighted by Gasteiger charge is 2.20. The second-order valence-electron chi connectivity index (χ2n) is 5.39. The topological polar surface area (TPSA) is 24.5 Å². The first-order valence-electron chi connectivity index (χ1n) is 7.67. The predicted octanol–water partition coefficient (Wildman–Crippen LogP) is 3.67. The summed E-state index contributed by atoms with van der Waals surface area (Å²) in [6, 6.07) is 18.8. The number of piperazine rings is 1. The first-order valence-corrected chi connectivity index (χ1v) is 7.67. The molecule has 1 aliphatic rings. The Labute approximate surface area is 126 Å². The van der Waals surface area contributed by atoms with Gasteiger partial charge in [-0.05, 0) is 30.7 Å². The van der Waals surface area contributed by atoms with Crippen LogP contribution in [0.15, 0.2) is 54.6 Å². The first kappa shape index (κ1) is 14.0. The van der Waals surface area contributed by atoms with Gasteiger partial charge in [0.25, 0.3) is 0 Å². The maximum atomic E-state index is 6.07. The normalized spacial score (nSPS) is 18.5. The van der Waals surface area contributed by atoms with Gasteiger partial charge in [0.05, 0.1) is 5.69 Å². The van der Waals surface area contributed by atoms with Crippen LogP contribution in [-0.4, -0.2) is 25.7 Å². The minimum absolute atomic E-state index is 0.559. The van der Waals surface area contributed by atoms with Crippen molar-refractivity contribution < 1.29 is 4.74 Å². The maximum Gasteiger partial charge on any atom is 0.150 e. The Morgan fingerprint density at radius 1 is 1.10 bits per heavy atom. The number of para-hydroxylation sites is 3. The Balaban J connectivity index is 1.82. The minimum Gasteiger partial charge on any atom is -0.455 e. The van der Waals surface area contributed by atoms with E-state index in [1.165, 1.54) is 5.69 Å². The van der Waals surface area contributed by atoms with Crippen LogP contribution < -0.4 is 15.0 Å². The molecule has 1 unspecified atom stereocenters. The van der Waals surface area contributed by atoms with Crippen molar-refractivity contribution in [1.82, 2.24) is 5.32 Å². The summed E-state index contributed by atoms with van der Waals surface area (Å²) in [5.41, 5.74) is 1.18. The highest BCUT2D eigenvalue weighted by Crippen LogP contribution is 2.32. The van der Waals surface area contributed by atoms with E-state index in [0.717, 1.165) is 37.6 Å². The Kier molecular flexibility index (Phi) is 4.41. The van der Waals surface area contributed by atoms with Crippen LogP contribution in [0.4, 0.5) is 5.69 Å². The highest BCUT2D eigenvalue weighted by molar-refractivity contribution is 5.60. The monoisotopic (exact) mass is 282 g/mol. The second-order valence-corrected chi connectivity index (χ2v) is 5.39. The molecule has 0 saturated carbocycles. The average Bonchev–Trinajstić information content (AvgIpc) is 2.56. The molecular formula is C18H22N2O. The maximum absolute atomic E-state index is 6.07. The van der Waals surface area contributed by atoms with Crippen LogP contribution >= 0.6 is 0 Å². The van der Waals surface area contributed by atoms with E-state index in [4.69, 9.17) is 4.74 Å². The van der Waals surface area contributed by atoms with E-state index < -0.39 is 0 Å². The van der Waals surface area contributed by atoms with Crippen LogP contribution in [-0.2, 0) is 0 Å². The third-order valence-corrected chi connectivity index (χ3v) is 3.93. The van der Waals surface area contributed by atoms with Gasteiger partial charge in [0.15, 0.2) is 5.75 Å². The molecule has 0 aromatic heterocycles. The minimum atomic E-state index is 0.559. The Morgan fingerprint density at radius 2 is 1.86 bits per heavy atom. The molecule has 1 aliphatic heterocycles. The van der Waals surface area contributed by atoms with E-state index in [2.05, 4.69) is 29.3 Å². The zero-order valence-electron chi connectivity index (χ0n) is 12.5. The van der Waals surface area contributed by atoms with Gasteiger partial charge >= 0.3 is 0 Å². The quantitative estimate of drug-likeness (QED) is 0.926. The van der Waals surface area contributed by atoms with Gasteiger partial charge in [0.2, 0.25) is 0 Å². The largest absolute Gasteiger partial charge is 0.455 e. The molecule has 1 heterocycles. The van der Waals surface area contributed by atoms with Crippen molar-refractivity contribution in [2.24, 2.45) is 0 Å². The predicted molar refractivity (Wildman–Crippen MR) is 87.3 cm³/mol. The summed E-state index contributed by atoms with van der Waals surface area (Å²) >= 11 is 0. The van der Waals surface area contributed by atoms with E-state index >= 15 is 0 Å². The Hall–Kier alpha value is -2.00. The fourth-order valence-corrected chi connectivity index (χ4v) is 2.74. The van der Waals surface area contributed by atoms with Crippen LogP contribution in [0.2, 0.25) is 0 Å². The summed E-state index contributed by atoms with van der Waals surface area (Å²) in [6.45, 7) is 5.31. The number of ether oxygens (including phenoxy) is 1. The Morgan fingerprint density at radius 3 is 2.67 bits per heavy atom. The van der Waals surface area contributed by atoms with E-state index in [0.29, 0.717) is 6.04 Å². The van der Waals surface area contributed by atoms with Gasteiger partial charge in [-0.15, -0.1) is 0 Å². The summed E-state index contributed by atoms with van der Waals surface area (Å²) in [6.07, 6.45) is 1.15. The highest BCUT2D eigenvalue weighted by atomic mass is 16.5. The molecule has 0 radical (unpaired) electrons. The molecule has 110 valence electrons. The van der Waals surface area contributed by atoms with Gasteiger partial charge in [-0.3, -0.25) is 0 Å². The fraction of sp³-hybridized carbons (Fsp3) is 0.333. The molecular weight excluding hydrogens is 260 g/mol. The molecule has 3 heteroatoms. The van der Waals surface area contributed by atoms with Crippen molar-refractivity contribution >= 4 is 5.69 Å². The number of benzene rings is 2. The van der Waals surface area contributed by atoms with E-state index in [-0.39, 0.29) is 0 Å². The number of nitrogens with one attached hydrogen (secondary N) is 1. The molecule has 0 amide bonds. The fourth-order valence-electron chi connectivity index (χ4n) is 2.74. The SMILES string of the molecule is CCC1CN(c2ccccc2Oc2ccccc2)CCN1. The van der Waals surface area contributed by atoms with Crippen molar-refractivity contribution in [2.75, 3.05) is 24.5 Å². The lowest BCUT2D eigenvalue weighted by Crippen LogP contribution is -2.50. The van der Waals surface area contributed by atoms with Crippen molar-refractivity contribution in [3.8, 4) is 11.5 Å². The second kappa shape index (κ2) is 6.64. The lowest BCUT2D eigenvalue weighted by Gasteiger charge is -2.35. The van der Waals surface area contributed by atoms with Gasteiger partial charge in [-0.2, -0.15) is 0 Å². The zero-order chi connectivity index (χ0) is 14.5. The molecule has 0 spiro atoms. The summed E-state index contributed by atoms with van der Waals surface area (Å²) in [5.74, 6) is 1.81. The lowest BCUT2D eigenvalue weighted by atomic mass is 10.1. The molecule has 3 nitrogen and oxygen atoms in total. The summed E-state index contributed by atoms with van der Waals surface area (Å²) in [5, 5.41) is 3.56. The third kappa shape index (κ3) is 3.37. The van der Waals surface area contributed by atoms with Crippen molar-refractivity contribution in [2.45, 2.75) is 19.4 Å². The van der Waals surface area contributed by atoms with Gasteiger partial charge < -0.3 is 15.0 Å². The van der Waals surface area contributed by atoms with E-state index in [1.807, 2.05) is 42.5 Å². The number of hydrogen-bond acceptors (Lipinski definition) is 3. The van der Waals surface area contributed by atoms with Crippen LogP contribution in [0.5, 0.6) is 11.5 Å². The van der Waals surface area contributed by atoms with E-state index in [9.17, 15) is 0 Å². The first-order chi connectivity index (χ1) is 10.4. The Bertz CT molecular complexity index is 570. The molecule has 3 rings (SSSR count). The van der Waals surface area contributed by atoms with Crippen LogP contribution in [0, 0.1) is 0 Å². The van der Waals surface area contributed by atoms with Crippen molar-refractivity contribution in [3.05, 3.63) is 54.6 Å². The molecule has 1 saturated heterocycles. The summed E-state index contributed by atoms with van der Waals surface area (Å²) < 4.78 is 6.07. The zero-order valence-corrected chi connectivity index (χ0v) is 12.5. The summed E-state index contributed by atoms with van der Waals surface area (Å²) in [7, 11) is 0. The van der Waals surface area contributed by atoms with Crippen LogP contribution in [0.1, 0.15) is 13.3 Å². The molecule has 1 atom stereocenters. The number of rotatable bonds is 4. The van der Waals surface area contributed by atoms with Gasteiger partial charge in [0.1, 0.15) is 5.75 Å². The lowest BCUT2D eigenvalue weighted by molar-refractivity contribution is 0.437. The standard InChI is InChI=1S/C18H22N2O/c1-2-15-14-20(13-12-19-15)17-10-6-7-11-18(17)21-16-8-4-3-5-9-16/h3-11,15,19H,2,12-14H2,1H3. The molecule has 0 bridgehead atoms. The number of hydrogen-bond donors (Lipinski definition) is 1. The number of nitrogens with zero attached hydrogens (tertiary/aromatic N) is 1. The van der Waals surface area contributed by atoms with Crippen LogP contribution in [0.25, 0.3) is 0 Å². The molecule has 2 aromatic rings. The van der Waals surface area contributed by atoms with Crippen LogP contribution in [0.3, 0.4) is 0 Å². The average molecular weight is 282 g/mol. The molecule has 1 fully saturated rings. The molecule has 0 aliphatic carbocycles. The van der Waals surface area contributed by atoms with Crippen molar-refractivity contribution in [1.29, 1.82) is 0 Å². The van der Waals surface area contributed by atoms with Crippen molar-refractivity contribution in [3.63, 3.8) is 0 Å². The molecule has 21 heavy (non-hydrogen) atoms. The number of anilines is 1. The molecule has 1 N–H and O–H groups in total. The van der Waals surface area contributed by atoms with Gasteiger partial charge in [-0.1, -0.05) is 37.3 Å². The van der Waals surface area contributed by atoms with Gasteiger partial charge in [-0.25, -0.2) is 0 Å². The smallest absolute Gasteiger partial charge is 0.150 e. The molecule has 2 aromatic carbocycles. The van der Waals surface area contributed by atoms with Gasteiger partial charge in [0, 0.05) is 25.7 Å².